The molecule has 160 valence electrons. The number of H-pyrrole nitrogens is 1. The largest absolute Gasteiger partial charge is 0.456 e. The van der Waals surface area contributed by atoms with Crippen LogP contribution in [0, 0.1) is 26.2 Å². The van der Waals surface area contributed by atoms with Crippen molar-refractivity contribution in [2.24, 2.45) is 0 Å². The lowest BCUT2D eigenvalue weighted by Crippen LogP contribution is -2.25. The molecule has 0 radical (unpaired) electrons. The monoisotopic (exact) mass is 417 g/mol. The summed E-state index contributed by atoms with van der Waals surface area (Å²) in [5, 5.41) is 0.548. The predicted molar refractivity (Wildman–Crippen MR) is 123 cm³/mol. The fourth-order valence-corrected chi connectivity index (χ4v) is 3.32. The Hall–Kier alpha value is -3.59. The van der Waals surface area contributed by atoms with Crippen molar-refractivity contribution in [1.29, 1.82) is 0 Å². The molecule has 2 aromatic carbocycles. The number of nitrogens with one attached hydrogen (secondary N) is 1. The number of nitrogens with zero attached hydrogens (tertiary/aromatic N) is 2. The highest BCUT2D eigenvalue weighted by atomic mass is 16.6. The van der Waals surface area contributed by atoms with Gasteiger partial charge in [0.2, 0.25) is 0 Å². The van der Waals surface area contributed by atoms with Gasteiger partial charge in [-0.3, -0.25) is 4.79 Å². The number of aryl methyl sites for hydroxylation is 2. The second kappa shape index (κ2) is 8.65. The Kier molecular flexibility index (Phi) is 6.16. The lowest BCUT2D eigenvalue weighted by Gasteiger charge is -2.24. The molecule has 1 aromatic heterocycles. The Morgan fingerprint density at radius 3 is 2.48 bits per heavy atom. The van der Waals surface area contributed by atoms with E-state index in [2.05, 4.69) is 15.9 Å². The van der Waals surface area contributed by atoms with E-state index in [1.165, 1.54) is 0 Å². The Balaban J connectivity index is 1.90. The van der Waals surface area contributed by atoms with Gasteiger partial charge in [0.05, 0.1) is 23.0 Å². The number of rotatable bonds is 5. The van der Waals surface area contributed by atoms with Crippen LogP contribution in [0.3, 0.4) is 0 Å². The van der Waals surface area contributed by atoms with Crippen LogP contribution in [-0.2, 0) is 11.3 Å². The summed E-state index contributed by atoms with van der Waals surface area (Å²) in [6.45, 7) is 10.2. The molecule has 6 nitrogen and oxygen atoms in total. The van der Waals surface area contributed by atoms with Crippen LogP contribution >= 0.6 is 0 Å². The highest BCUT2D eigenvalue weighted by molar-refractivity contribution is 5.90. The summed E-state index contributed by atoms with van der Waals surface area (Å²) in [5.74, 6) is 2.91. The number of carbonyl (C=O) groups excluding carboxylic acids is 1. The minimum Gasteiger partial charge on any atom is -0.456 e. The maximum absolute atomic E-state index is 12.4. The first kappa shape index (κ1) is 22.1. The van der Waals surface area contributed by atoms with Gasteiger partial charge in [-0.05, 0) is 82.1 Å². The van der Waals surface area contributed by atoms with E-state index in [1.54, 1.807) is 19.1 Å². The highest BCUT2D eigenvalue weighted by Crippen LogP contribution is 2.23. The van der Waals surface area contributed by atoms with E-state index in [9.17, 15) is 9.59 Å². The summed E-state index contributed by atoms with van der Waals surface area (Å²) in [7, 11) is 0. The molecule has 3 aromatic rings. The third-order valence-electron chi connectivity index (χ3n) is 4.79. The predicted octanol–water partition coefficient (Wildman–Crippen LogP) is 4.14. The van der Waals surface area contributed by atoms with Crippen molar-refractivity contribution in [3.8, 4) is 12.3 Å². The van der Waals surface area contributed by atoms with Crippen molar-refractivity contribution in [2.45, 2.75) is 46.8 Å². The number of ether oxygens (including phenoxy) is 1. The van der Waals surface area contributed by atoms with Crippen molar-refractivity contribution in [3.05, 3.63) is 69.3 Å². The maximum Gasteiger partial charge on any atom is 0.338 e. The SMILES string of the molecule is C#CCN(Cc1cc2c(=O)[nH]c(C)nc2cc1C)c1ccc(C(=O)OC(C)(C)C)cc1. The van der Waals surface area contributed by atoms with Crippen LogP contribution in [0.4, 0.5) is 5.69 Å². The van der Waals surface area contributed by atoms with Gasteiger partial charge in [0, 0.05) is 12.2 Å². The first-order valence-corrected chi connectivity index (χ1v) is 10.1. The van der Waals surface area contributed by atoms with Gasteiger partial charge in [0.1, 0.15) is 11.4 Å². The second-order valence-corrected chi connectivity index (χ2v) is 8.56. The van der Waals surface area contributed by atoms with E-state index in [-0.39, 0.29) is 11.5 Å². The molecule has 0 atom stereocenters. The molecule has 0 aliphatic rings. The number of hydrogen-bond donors (Lipinski definition) is 1. The van der Waals surface area contributed by atoms with Crippen LogP contribution in [0.15, 0.2) is 41.2 Å². The van der Waals surface area contributed by atoms with Gasteiger partial charge in [-0.15, -0.1) is 6.42 Å². The number of carbonyl (C=O) groups is 1. The number of anilines is 1. The minimum absolute atomic E-state index is 0.158. The molecule has 3 rings (SSSR count). The molecule has 0 saturated heterocycles. The van der Waals surface area contributed by atoms with Gasteiger partial charge in [-0.1, -0.05) is 5.92 Å². The minimum atomic E-state index is -0.551. The third-order valence-corrected chi connectivity index (χ3v) is 4.79. The fourth-order valence-electron chi connectivity index (χ4n) is 3.32. The Morgan fingerprint density at radius 2 is 1.87 bits per heavy atom. The number of fused-ring (bicyclic) bond motifs is 1. The molecule has 0 fully saturated rings. The Morgan fingerprint density at radius 1 is 1.19 bits per heavy atom. The van der Waals surface area contributed by atoms with Crippen molar-refractivity contribution in [1.82, 2.24) is 9.97 Å². The maximum atomic E-state index is 12.4. The van der Waals surface area contributed by atoms with E-state index in [0.717, 1.165) is 16.8 Å². The second-order valence-electron chi connectivity index (χ2n) is 8.56. The number of aromatic amines is 1. The molecule has 0 bridgehead atoms. The number of terminal acetylenes is 1. The van der Waals surface area contributed by atoms with E-state index < -0.39 is 5.60 Å². The quantitative estimate of drug-likeness (QED) is 0.499. The standard InChI is InChI=1S/C25H27N3O3/c1-7-12-28(20-10-8-18(9-11-20)24(30)31-25(4,5)6)15-19-14-21-22(13-16(19)2)26-17(3)27-23(21)29/h1,8-11,13-14H,12,15H2,2-6H3,(H,26,27,29). The zero-order valence-corrected chi connectivity index (χ0v) is 18.6. The van der Waals surface area contributed by atoms with E-state index in [1.807, 2.05) is 56.9 Å². The van der Waals surface area contributed by atoms with Crippen molar-refractivity contribution in [2.75, 3.05) is 11.4 Å². The fraction of sp³-hybridized carbons (Fsp3) is 0.320. The van der Waals surface area contributed by atoms with Crippen LogP contribution < -0.4 is 10.5 Å². The van der Waals surface area contributed by atoms with Crippen LogP contribution in [-0.4, -0.2) is 28.1 Å². The van der Waals surface area contributed by atoms with Gasteiger partial charge in [-0.25, -0.2) is 9.78 Å². The molecule has 0 aliphatic carbocycles. The summed E-state index contributed by atoms with van der Waals surface area (Å²) < 4.78 is 5.42. The first-order chi connectivity index (χ1) is 14.6. The highest BCUT2D eigenvalue weighted by Gasteiger charge is 2.18. The summed E-state index contributed by atoms with van der Waals surface area (Å²) in [6.07, 6.45) is 5.61. The van der Waals surface area contributed by atoms with E-state index >= 15 is 0 Å². The molecular weight excluding hydrogens is 390 g/mol. The smallest absolute Gasteiger partial charge is 0.338 e. The van der Waals surface area contributed by atoms with E-state index in [0.29, 0.717) is 35.4 Å². The molecule has 0 saturated carbocycles. The lowest BCUT2D eigenvalue weighted by atomic mass is 10.0. The van der Waals surface area contributed by atoms with Crippen molar-refractivity contribution < 1.29 is 9.53 Å². The normalized spacial score (nSPS) is 11.2. The molecule has 1 heterocycles. The molecule has 0 amide bonds. The van der Waals surface area contributed by atoms with Gasteiger partial charge in [-0.2, -0.15) is 0 Å². The van der Waals surface area contributed by atoms with Crippen LogP contribution in [0.5, 0.6) is 0 Å². The molecule has 0 aliphatic heterocycles. The summed E-state index contributed by atoms with van der Waals surface area (Å²) >= 11 is 0. The number of hydrogen-bond acceptors (Lipinski definition) is 5. The zero-order chi connectivity index (χ0) is 22.8. The number of aromatic nitrogens is 2. The average Bonchev–Trinajstić information content (AvgIpc) is 2.67. The average molecular weight is 418 g/mol. The summed E-state index contributed by atoms with van der Waals surface area (Å²) in [4.78, 5) is 33.8. The van der Waals surface area contributed by atoms with Crippen LogP contribution in [0.2, 0.25) is 0 Å². The van der Waals surface area contributed by atoms with Gasteiger partial charge in [0.15, 0.2) is 0 Å². The molecular formula is C25H27N3O3. The van der Waals surface area contributed by atoms with Gasteiger partial charge < -0.3 is 14.6 Å². The molecule has 0 unspecified atom stereocenters. The molecule has 0 spiro atoms. The zero-order valence-electron chi connectivity index (χ0n) is 18.6. The molecule has 31 heavy (non-hydrogen) atoms. The number of benzene rings is 2. The Labute approximate surface area is 182 Å². The summed E-state index contributed by atoms with van der Waals surface area (Å²) in [6, 6.07) is 11.0. The first-order valence-electron chi connectivity index (χ1n) is 10.1. The third kappa shape index (κ3) is 5.32. The summed E-state index contributed by atoms with van der Waals surface area (Å²) in [5.41, 5.74) is 3.33. The number of esters is 1. The molecule has 6 heteroatoms. The van der Waals surface area contributed by atoms with Gasteiger partial charge >= 0.3 is 5.97 Å². The topological polar surface area (TPSA) is 75.3 Å². The lowest BCUT2D eigenvalue weighted by molar-refractivity contribution is 0.00695. The van der Waals surface area contributed by atoms with Crippen molar-refractivity contribution >= 4 is 22.6 Å². The van der Waals surface area contributed by atoms with Crippen LogP contribution in [0.25, 0.3) is 10.9 Å². The van der Waals surface area contributed by atoms with Crippen molar-refractivity contribution in [3.63, 3.8) is 0 Å². The van der Waals surface area contributed by atoms with E-state index in [4.69, 9.17) is 11.2 Å². The van der Waals surface area contributed by atoms with Gasteiger partial charge in [0.25, 0.3) is 5.56 Å². The Bertz CT molecular complexity index is 1210. The van der Waals surface area contributed by atoms with Crippen LogP contribution in [0.1, 0.15) is 48.1 Å². The molecule has 1 N–H and O–H groups in total.